The Morgan fingerprint density at radius 2 is 2.31 bits per heavy atom. The molecule has 0 rings (SSSR count). The van der Waals surface area contributed by atoms with E-state index in [1.807, 2.05) is 6.92 Å². The van der Waals surface area contributed by atoms with E-state index in [-0.39, 0.29) is 12.6 Å². The van der Waals surface area contributed by atoms with Crippen LogP contribution in [0.15, 0.2) is 0 Å². The summed E-state index contributed by atoms with van der Waals surface area (Å²) in [5.41, 5.74) is 0. The van der Waals surface area contributed by atoms with Crippen molar-refractivity contribution >= 4 is 17.7 Å². The minimum atomic E-state index is -0.133. The highest BCUT2D eigenvalue weighted by Gasteiger charge is 2.05. The number of hydrogen-bond acceptors (Lipinski definition) is 4. The molecule has 0 aliphatic carbocycles. The number of aliphatic hydroxyl groups excluding tert-OH is 1. The molecular formula is C9H18O3S. The molecule has 0 bridgehead atoms. The van der Waals surface area contributed by atoms with Gasteiger partial charge in [0, 0.05) is 17.6 Å². The summed E-state index contributed by atoms with van der Waals surface area (Å²) in [4.78, 5) is 10.9. The molecule has 0 amide bonds. The summed E-state index contributed by atoms with van der Waals surface area (Å²) in [6.45, 7) is 4.52. The van der Waals surface area contributed by atoms with Crippen molar-refractivity contribution in [2.75, 3.05) is 19.0 Å². The lowest BCUT2D eigenvalue weighted by molar-refractivity contribution is -0.142. The van der Waals surface area contributed by atoms with Gasteiger partial charge in [0.05, 0.1) is 13.0 Å². The molecule has 0 saturated carbocycles. The van der Waals surface area contributed by atoms with Crippen molar-refractivity contribution in [1.82, 2.24) is 0 Å². The third-order valence-corrected chi connectivity index (χ3v) is 2.79. The van der Waals surface area contributed by atoms with E-state index >= 15 is 0 Å². The summed E-state index contributed by atoms with van der Waals surface area (Å²) in [6.07, 6.45) is 1.25. The second-order valence-electron chi connectivity index (χ2n) is 2.75. The Balaban J connectivity index is 3.28. The first-order chi connectivity index (χ1) is 6.20. The van der Waals surface area contributed by atoms with Gasteiger partial charge < -0.3 is 9.84 Å². The lowest BCUT2D eigenvalue weighted by atomic mass is 10.3. The van der Waals surface area contributed by atoms with Crippen LogP contribution in [0.1, 0.15) is 26.7 Å². The van der Waals surface area contributed by atoms with E-state index in [0.717, 1.165) is 12.2 Å². The first kappa shape index (κ1) is 12.8. The highest BCUT2D eigenvalue weighted by molar-refractivity contribution is 7.99. The standard InChI is InChI=1S/C9H18O3S/c1-3-12-9(11)5-7-13-8(2)4-6-10/h8,10H,3-7H2,1-2H3. The summed E-state index contributed by atoms with van der Waals surface area (Å²) >= 11 is 1.69. The van der Waals surface area contributed by atoms with E-state index in [1.165, 1.54) is 0 Å². The maximum atomic E-state index is 10.9. The van der Waals surface area contributed by atoms with Crippen LogP contribution >= 0.6 is 11.8 Å². The Morgan fingerprint density at radius 1 is 1.62 bits per heavy atom. The molecule has 0 aliphatic rings. The van der Waals surface area contributed by atoms with E-state index in [0.29, 0.717) is 18.3 Å². The lowest BCUT2D eigenvalue weighted by Gasteiger charge is -2.08. The van der Waals surface area contributed by atoms with Gasteiger partial charge in [-0.3, -0.25) is 4.79 Å². The van der Waals surface area contributed by atoms with Crippen LogP contribution in [0.2, 0.25) is 0 Å². The van der Waals surface area contributed by atoms with E-state index in [1.54, 1.807) is 18.7 Å². The van der Waals surface area contributed by atoms with Gasteiger partial charge in [-0.1, -0.05) is 6.92 Å². The smallest absolute Gasteiger partial charge is 0.306 e. The van der Waals surface area contributed by atoms with Crippen LogP contribution < -0.4 is 0 Å². The summed E-state index contributed by atoms with van der Waals surface area (Å²) in [5, 5.41) is 9.04. The molecule has 0 aromatic rings. The van der Waals surface area contributed by atoms with Crippen LogP contribution in [0.3, 0.4) is 0 Å². The Kier molecular flexibility index (Phi) is 8.24. The highest BCUT2D eigenvalue weighted by Crippen LogP contribution is 2.14. The van der Waals surface area contributed by atoms with Crippen molar-refractivity contribution in [3.05, 3.63) is 0 Å². The zero-order chi connectivity index (χ0) is 10.1. The Morgan fingerprint density at radius 3 is 2.85 bits per heavy atom. The monoisotopic (exact) mass is 206 g/mol. The topological polar surface area (TPSA) is 46.5 Å². The molecule has 0 aromatic carbocycles. The third kappa shape index (κ3) is 8.12. The average molecular weight is 206 g/mol. The molecule has 0 radical (unpaired) electrons. The van der Waals surface area contributed by atoms with E-state index in [4.69, 9.17) is 9.84 Å². The number of carbonyl (C=O) groups excluding carboxylic acids is 1. The largest absolute Gasteiger partial charge is 0.466 e. The maximum absolute atomic E-state index is 10.9. The van der Waals surface area contributed by atoms with Gasteiger partial charge in [0.2, 0.25) is 0 Å². The fraction of sp³-hybridized carbons (Fsp3) is 0.889. The fourth-order valence-electron chi connectivity index (χ4n) is 0.842. The number of hydrogen-bond donors (Lipinski definition) is 1. The molecule has 0 aliphatic heterocycles. The molecule has 0 aromatic heterocycles. The second kappa shape index (κ2) is 8.38. The molecule has 0 saturated heterocycles. The minimum Gasteiger partial charge on any atom is -0.466 e. The molecule has 3 nitrogen and oxygen atoms in total. The highest BCUT2D eigenvalue weighted by atomic mass is 32.2. The zero-order valence-corrected chi connectivity index (χ0v) is 9.10. The second-order valence-corrected chi connectivity index (χ2v) is 4.30. The van der Waals surface area contributed by atoms with E-state index in [2.05, 4.69) is 0 Å². The molecule has 1 unspecified atom stereocenters. The Hall–Kier alpha value is -0.220. The molecule has 78 valence electrons. The van der Waals surface area contributed by atoms with Crippen LogP contribution in [0.4, 0.5) is 0 Å². The van der Waals surface area contributed by atoms with Gasteiger partial charge in [-0.15, -0.1) is 0 Å². The minimum absolute atomic E-state index is 0.133. The molecule has 13 heavy (non-hydrogen) atoms. The molecule has 4 heteroatoms. The Bertz CT molecular complexity index is 139. The van der Waals surface area contributed by atoms with Gasteiger partial charge in [0.25, 0.3) is 0 Å². The van der Waals surface area contributed by atoms with Gasteiger partial charge in [0.1, 0.15) is 0 Å². The van der Waals surface area contributed by atoms with Crippen LogP contribution in [0.25, 0.3) is 0 Å². The number of carbonyl (C=O) groups is 1. The summed E-state index contributed by atoms with van der Waals surface area (Å²) < 4.78 is 4.78. The lowest BCUT2D eigenvalue weighted by Crippen LogP contribution is -2.07. The van der Waals surface area contributed by atoms with Crippen molar-refractivity contribution < 1.29 is 14.6 Å². The van der Waals surface area contributed by atoms with Crippen molar-refractivity contribution in [2.45, 2.75) is 31.9 Å². The SMILES string of the molecule is CCOC(=O)CCSC(C)CCO. The summed E-state index contributed by atoms with van der Waals surface area (Å²) in [6, 6.07) is 0. The molecular weight excluding hydrogens is 188 g/mol. The number of esters is 1. The van der Waals surface area contributed by atoms with Crippen LogP contribution in [0.5, 0.6) is 0 Å². The number of aliphatic hydroxyl groups is 1. The van der Waals surface area contributed by atoms with Gasteiger partial charge >= 0.3 is 5.97 Å². The van der Waals surface area contributed by atoms with Crippen molar-refractivity contribution in [3.8, 4) is 0 Å². The summed E-state index contributed by atoms with van der Waals surface area (Å²) in [7, 11) is 0. The van der Waals surface area contributed by atoms with Gasteiger partial charge in [-0.05, 0) is 13.3 Å². The van der Waals surface area contributed by atoms with Crippen LogP contribution in [0, 0.1) is 0 Å². The normalized spacial score (nSPS) is 12.5. The van der Waals surface area contributed by atoms with Gasteiger partial charge in [-0.25, -0.2) is 0 Å². The number of ether oxygens (including phenoxy) is 1. The number of rotatable bonds is 7. The van der Waals surface area contributed by atoms with Crippen molar-refractivity contribution in [2.24, 2.45) is 0 Å². The average Bonchev–Trinajstić information content (AvgIpc) is 2.05. The van der Waals surface area contributed by atoms with Gasteiger partial charge in [0.15, 0.2) is 0 Å². The molecule has 0 heterocycles. The molecule has 0 fully saturated rings. The quantitative estimate of drug-likeness (QED) is 0.640. The zero-order valence-electron chi connectivity index (χ0n) is 8.28. The Labute approximate surface area is 83.9 Å². The van der Waals surface area contributed by atoms with Crippen molar-refractivity contribution in [3.63, 3.8) is 0 Å². The predicted molar refractivity (Wildman–Crippen MR) is 54.9 cm³/mol. The van der Waals surface area contributed by atoms with Crippen LogP contribution in [-0.4, -0.2) is 35.3 Å². The van der Waals surface area contributed by atoms with E-state index in [9.17, 15) is 4.79 Å². The predicted octanol–water partition coefficient (Wildman–Crippen LogP) is 1.44. The number of thioether (sulfide) groups is 1. The van der Waals surface area contributed by atoms with Crippen LogP contribution in [-0.2, 0) is 9.53 Å². The third-order valence-electron chi connectivity index (χ3n) is 1.55. The maximum Gasteiger partial charge on any atom is 0.306 e. The molecule has 1 N–H and O–H groups in total. The summed E-state index contributed by atoms with van der Waals surface area (Å²) in [5.74, 6) is 0.645. The fourth-order valence-corrected chi connectivity index (χ4v) is 1.80. The molecule has 1 atom stereocenters. The first-order valence-corrected chi connectivity index (χ1v) is 5.63. The van der Waals surface area contributed by atoms with E-state index < -0.39 is 0 Å². The van der Waals surface area contributed by atoms with Gasteiger partial charge in [-0.2, -0.15) is 11.8 Å². The van der Waals surface area contributed by atoms with Crippen molar-refractivity contribution in [1.29, 1.82) is 0 Å². The molecule has 0 spiro atoms. The first-order valence-electron chi connectivity index (χ1n) is 4.58.